The molecule has 0 bridgehead atoms. The van der Waals surface area contributed by atoms with Crippen molar-refractivity contribution in [3.63, 3.8) is 0 Å². The topological polar surface area (TPSA) is 130 Å². The first-order valence-electron chi connectivity index (χ1n) is 14.9. The van der Waals surface area contributed by atoms with Crippen molar-refractivity contribution in [2.45, 2.75) is 95.7 Å². The molecule has 0 atom stereocenters. The number of rotatable bonds is 8. The van der Waals surface area contributed by atoms with Gasteiger partial charge < -0.3 is 15.3 Å². The van der Waals surface area contributed by atoms with Crippen LogP contribution in [-0.2, 0) is 16.4 Å². The molecule has 10 nitrogen and oxygen atoms in total. The maximum atomic E-state index is 14.1. The average Bonchev–Trinajstić information content (AvgIpc) is 3.33. The van der Waals surface area contributed by atoms with Gasteiger partial charge in [0.2, 0.25) is 5.28 Å². The van der Waals surface area contributed by atoms with Gasteiger partial charge in [-0.15, -0.1) is 0 Å². The highest BCUT2D eigenvalue weighted by Crippen LogP contribution is 2.39. The number of hydrogen-bond acceptors (Lipinski definition) is 7. The molecule has 1 aliphatic carbocycles. The van der Waals surface area contributed by atoms with Crippen molar-refractivity contribution in [3.05, 3.63) is 65.3 Å². The molecule has 1 aromatic carbocycles. The first kappa shape index (κ1) is 31.7. The Morgan fingerprint density at radius 3 is 2.39 bits per heavy atom. The van der Waals surface area contributed by atoms with Gasteiger partial charge in [-0.2, -0.15) is 0 Å². The van der Waals surface area contributed by atoms with E-state index in [4.69, 9.17) is 16.6 Å². The van der Waals surface area contributed by atoms with Crippen LogP contribution in [0.3, 0.4) is 0 Å². The summed E-state index contributed by atoms with van der Waals surface area (Å²) in [6, 6.07) is 10.4. The largest absolute Gasteiger partial charge is 0.465 e. The normalized spacial score (nSPS) is 17.5. The number of nitrogens with one attached hydrogen (secondary N) is 1. The van der Waals surface area contributed by atoms with Crippen molar-refractivity contribution in [2.75, 3.05) is 5.32 Å². The van der Waals surface area contributed by atoms with Crippen LogP contribution in [0, 0.1) is 6.92 Å². The van der Waals surface area contributed by atoms with Crippen LogP contribution in [-0.4, -0.2) is 61.1 Å². The SMILES string of the molecule is CCCc1cc2c(NC3CCC(N(C(=O)O)C(C)(C)C)CC3)c(-c3ccnc(Cl)n3)cnc2n1S(=O)(=O)c1ccc(C)cc1. The Morgan fingerprint density at radius 1 is 1.11 bits per heavy atom. The summed E-state index contributed by atoms with van der Waals surface area (Å²) in [6.45, 7) is 9.68. The van der Waals surface area contributed by atoms with Crippen LogP contribution in [0.1, 0.15) is 71.1 Å². The molecule has 1 amide bonds. The summed E-state index contributed by atoms with van der Waals surface area (Å²) in [7, 11) is -3.95. The van der Waals surface area contributed by atoms with E-state index in [1.807, 2.05) is 40.7 Å². The Kier molecular flexibility index (Phi) is 8.91. The van der Waals surface area contributed by atoms with Gasteiger partial charge in [-0.1, -0.05) is 31.0 Å². The van der Waals surface area contributed by atoms with Crippen LogP contribution in [0.4, 0.5) is 10.5 Å². The molecule has 5 rings (SSSR count). The first-order chi connectivity index (χ1) is 20.8. The van der Waals surface area contributed by atoms with Gasteiger partial charge in [-0.05, 0) is 95.7 Å². The molecule has 0 unspecified atom stereocenters. The monoisotopic (exact) mass is 638 g/mol. The second-order valence-electron chi connectivity index (χ2n) is 12.4. The highest BCUT2D eigenvalue weighted by Gasteiger charge is 2.36. The summed E-state index contributed by atoms with van der Waals surface area (Å²) in [4.78, 5) is 27.0. The number of amides is 1. The average molecular weight is 639 g/mol. The molecule has 1 aliphatic rings. The maximum Gasteiger partial charge on any atom is 0.407 e. The highest BCUT2D eigenvalue weighted by atomic mass is 35.5. The lowest BCUT2D eigenvalue weighted by molar-refractivity contribution is 0.0557. The number of hydrogen-bond donors (Lipinski definition) is 2. The Balaban J connectivity index is 1.60. The van der Waals surface area contributed by atoms with Crippen molar-refractivity contribution in [3.8, 4) is 11.3 Å². The molecular weight excluding hydrogens is 600 g/mol. The van der Waals surface area contributed by atoms with Crippen molar-refractivity contribution >= 4 is 44.4 Å². The van der Waals surface area contributed by atoms with Crippen molar-refractivity contribution in [1.82, 2.24) is 23.8 Å². The molecule has 2 N–H and O–H groups in total. The van der Waals surface area contributed by atoms with Crippen molar-refractivity contribution < 1.29 is 18.3 Å². The van der Waals surface area contributed by atoms with Gasteiger partial charge in [0.25, 0.3) is 10.0 Å². The number of fused-ring (bicyclic) bond motifs is 1. The molecule has 0 aliphatic heterocycles. The smallest absolute Gasteiger partial charge is 0.407 e. The summed E-state index contributed by atoms with van der Waals surface area (Å²) in [5.41, 5.74) is 3.40. The number of halogens is 1. The predicted octanol–water partition coefficient (Wildman–Crippen LogP) is 7.15. The highest BCUT2D eigenvalue weighted by molar-refractivity contribution is 7.90. The van der Waals surface area contributed by atoms with Crippen molar-refractivity contribution in [2.24, 2.45) is 0 Å². The third-order valence-electron chi connectivity index (χ3n) is 8.17. The Bertz CT molecular complexity index is 1780. The minimum atomic E-state index is -3.95. The molecule has 44 heavy (non-hydrogen) atoms. The molecule has 234 valence electrons. The minimum Gasteiger partial charge on any atom is -0.465 e. The van der Waals surface area contributed by atoms with E-state index in [0.29, 0.717) is 52.9 Å². The van der Waals surface area contributed by atoms with Gasteiger partial charge >= 0.3 is 6.09 Å². The molecule has 0 saturated heterocycles. The Hall–Kier alpha value is -3.70. The van der Waals surface area contributed by atoms with Gasteiger partial charge in [0.15, 0.2) is 5.65 Å². The molecule has 0 spiro atoms. The number of aromatic nitrogens is 4. The summed E-state index contributed by atoms with van der Waals surface area (Å²) in [5.74, 6) is 0. The van der Waals surface area contributed by atoms with Crippen LogP contribution in [0.5, 0.6) is 0 Å². The number of benzene rings is 1. The van der Waals surface area contributed by atoms with Crippen LogP contribution in [0.25, 0.3) is 22.3 Å². The van der Waals surface area contributed by atoms with E-state index in [2.05, 4.69) is 15.3 Å². The number of aryl methyl sites for hydroxylation is 2. The quantitative estimate of drug-likeness (QED) is 0.195. The van der Waals surface area contributed by atoms with Crippen LogP contribution in [0.15, 0.2) is 53.7 Å². The lowest BCUT2D eigenvalue weighted by Crippen LogP contribution is -2.52. The summed E-state index contributed by atoms with van der Waals surface area (Å²) >= 11 is 6.18. The number of nitrogens with zero attached hydrogens (tertiary/aromatic N) is 5. The fraction of sp³-hybridized carbons (Fsp3) is 0.438. The van der Waals surface area contributed by atoms with Gasteiger partial charge in [0.1, 0.15) is 0 Å². The Labute approximate surface area is 263 Å². The van der Waals surface area contributed by atoms with Crippen LogP contribution in [0.2, 0.25) is 5.28 Å². The summed E-state index contributed by atoms with van der Waals surface area (Å²) in [6.07, 6.45) is 6.47. The zero-order valence-corrected chi connectivity index (χ0v) is 27.3. The maximum absolute atomic E-state index is 14.1. The van der Waals surface area contributed by atoms with Gasteiger partial charge in [0.05, 0.1) is 16.3 Å². The third kappa shape index (κ3) is 6.25. The fourth-order valence-electron chi connectivity index (χ4n) is 6.20. The standard InChI is InChI=1S/C32H39ClN6O4S/c1-6-7-23-18-25-28(36-21-10-12-22(13-11-21)38(31(40)41)32(3,4)5)26(27-16-17-34-30(33)37-27)19-35-29(25)39(23)44(42,43)24-14-8-20(2)9-15-24/h8-9,14-19,21-22H,6-7,10-13H2,1-5H3,(H,35,36)(H,40,41). The minimum absolute atomic E-state index is 0.0233. The van der Waals surface area contributed by atoms with E-state index in [0.717, 1.165) is 24.8 Å². The van der Waals surface area contributed by atoms with E-state index in [1.54, 1.807) is 47.6 Å². The van der Waals surface area contributed by atoms with Gasteiger partial charge in [0, 0.05) is 46.7 Å². The fourth-order valence-corrected chi connectivity index (χ4v) is 7.86. The number of anilines is 1. The van der Waals surface area contributed by atoms with Gasteiger partial charge in [-0.3, -0.25) is 0 Å². The third-order valence-corrected chi connectivity index (χ3v) is 10.1. The lowest BCUT2D eigenvalue weighted by Gasteiger charge is -2.43. The predicted molar refractivity (Wildman–Crippen MR) is 173 cm³/mol. The summed E-state index contributed by atoms with van der Waals surface area (Å²) < 4.78 is 29.5. The number of pyridine rings is 1. The summed E-state index contributed by atoms with van der Waals surface area (Å²) in [5, 5.41) is 14.4. The van der Waals surface area contributed by atoms with E-state index in [9.17, 15) is 18.3 Å². The van der Waals surface area contributed by atoms with Gasteiger partial charge in [-0.25, -0.2) is 32.1 Å². The van der Waals surface area contributed by atoms with Crippen LogP contribution >= 0.6 is 11.6 Å². The second kappa shape index (κ2) is 12.4. The molecule has 4 aromatic rings. The molecule has 1 saturated carbocycles. The zero-order chi connectivity index (χ0) is 31.8. The van der Waals surface area contributed by atoms with E-state index < -0.39 is 21.7 Å². The lowest BCUT2D eigenvalue weighted by atomic mass is 9.87. The Morgan fingerprint density at radius 2 is 1.80 bits per heavy atom. The zero-order valence-electron chi connectivity index (χ0n) is 25.7. The second-order valence-corrected chi connectivity index (χ2v) is 14.6. The van der Waals surface area contributed by atoms with E-state index in [1.165, 1.54) is 3.97 Å². The molecule has 1 fully saturated rings. The van der Waals surface area contributed by atoms with Crippen LogP contribution < -0.4 is 5.32 Å². The molecule has 12 heteroatoms. The molecule has 3 heterocycles. The van der Waals surface area contributed by atoms with Crippen molar-refractivity contribution in [1.29, 1.82) is 0 Å². The first-order valence-corrected chi connectivity index (χ1v) is 16.8. The molecule has 3 aromatic heterocycles. The van der Waals surface area contributed by atoms with E-state index in [-0.39, 0.29) is 22.3 Å². The van der Waals surface area contributed by atoms with E-state index >= 15 is 0 Å². The molecule has 0 radical (unpaired) electrons. The number of carboxylic acid groups (broad SMARTS) is 1. The number of carbonyl (C=O) groups is 1. The molecular formula is C32H39ClN6O4S.